The van der Waals surface area contributed by atoms with Crippen molar-refractivity contribution >= 4 is 11.8 Å². The van der Waals surface area contributed by atoms with E-state index in [4.69, 9.17) is 10.2 Å². The molecular weight excluding hydrogens is 292 g/mol. The molecule has 2 rings (SSSR count). The molecule has 0 bridgehead atoms. The van der Waals surface area contributed by atoms with Crippen molar-refractivity contribution < 1.29 is 14.0 Å². The maximum atomic E-state index is 12.5. The van der Waals surface area contributed by atoms with Gasteiger partial charge in [-0.15, -0.1) is 0 Å². The predicted molar refractivity (Wildman–Crippen MR) is 88.7 cm³/mol. The highest BCUT2D eigenvalue weighted by atomic mass is 16.3. The number of hydrogen-bond donors (Lipinski definition) is 2. The van der Waals surface area contributed by atoms with Crippen molar-refractivity contribution in [2.24, 2.45) is 11.7 Å². The second kappa shape index (κ2) is 6.69. The lowest BCUT2D eigenvalue weighted by Gasteiger charge is -2.29. The van der Waals surface area contributed by atoms with Crippen LogP contribution in [0.1, 0.15) is 37.6 Å². The van der Waals surface area contributed by atoms with Gasteiger partial charge in [0.2, 0.25) is 5.91 Å². The number of benzene rings is 1. The van der Waals surface area contributed by atoms with Gasteiger partial charge in [-0.25, -0.2) is 0 Å². The van der Waals surface area contributed by atoms with Crippen LogP contribution in [0.15, 0.2) is 47.3 Å². The molecule has 2 amide bonds. The number of nitrogens with two attached hydrogens (primary N) is 1. The van der Waals surface area contributed by atoms with Gasteiger partial charge in [0, 0.05) is 11.1 Å². The lowest BCUT2D eigenvalue weighted by Crippen LogP contribution is -2.56. The largest absolute Gasteiger partial charge is 0.472 e. The molecule has 0 unspecified atom stereocenters. The average Bonchev–Trinajstić information content (AvgIpc) is 3.00. The standard InChI is InChI=1S/C18H22N2O3/c1-12(2)10-18(3,17(19)22)20-16(21)14-6-4-5-13(9-14)15-7-8-23-11-15/h4-9,11-12H,10H2,1-3H3,(H2,19,22)(H,20,21)/t18-/m1/s1. The van der Waals surface area contributed by atoms with Crippen molar-refractivity contribution in [1.29, 1.82) is 0 Å². The monoisotopic (exact) mass is 314 g/mol. The van der Waals surface area contributed by atoms with Gasteiger partial charge in [0.15, 0.2) is 0 Å². The van der Waals surface area contributed by atoms with Crippen LogP contribution < -0.4 is 11.1 Å². The van der Waals surface area contributed by atoms with E-state index in [-0.39, 0.29) is 11.8 Å². The second-order valence-corrected chi connectivity index (χ2v) is 6.34. The Morgan fingerprint density at radius 2 is 2.00 bits per heavy atom. The van der Waals surface area contributed by atoms with E-state index in [1.54, 1.807) is 37.6 Å². The Kier molecular flexibility index (Phi) is 4.89. The molecular formula is C18H22N2O3. The molecule has 0 saturated heterocycles. The SMILES string of the molecule is CC(C)C[C@@](C)(NC(=O)c1cccc(-c2ccoc2)c1)C(N)=O. The first-order chi connectivity index (χ1) is 10.8. The highest BCUT2D eigenvalue weighted by molar-refractivity contribution is 5.99. The zero-order valence-electron chi connectivity index (χ0n) is 13.6. The third kappa shape index (κ3) is 4.00. The van der Waals surface area contributed by atoms with E-state index in [1.807, 2.05) is 26.0 Å². The molecule has 122 valence electrons. The average molecular weight is 314 g/mol. The number of carbonyl (C=O) groups excluding carboxylic acids is 2. The molecule has 0 aliphatic heterocycles. The van der Waals surface area contributed by atoms with Crippen LogP contribution in [0.25, 0.3) is 11.1 Å². The first-order valence-corrected chi connectivity index (χ1v) is 7.57. The van der Waals surface area contributed by atoms with Crippen molar-refractivity contribution in [3.63, 3.8) is 0 Å². The molecule has 5 heteroatoms. The molecule has 0 aliphatic carbocycles. The smallest absolute Gasteiger partial charge is 0.252 e. The van der Waals surface area contributed by atoms with Crippen molar-refractivity contribution in [2.75, 3.05) is 0 Å². The van der Waals surface area contributed by atoms with Crippen molar-refractivity contribution in [3.8, 4) is 11.1 Å². The van der Waals surface area contributed by atoms with Crippen LogP contribution >= 0.6 is 0 Å². The summed E-state index contributed by atoms with van der Waals surface area (Å²) >= 11 is 0. The Morgan fingerprint density at radius 3 is 2.57 bits per heavy atom. The number of carbonyl (C=O) groups is 2. The predicted octanol–water partition coefficient (Wildman–Crippen LogP) is 2.97. The van der Waals surface area contributed by atoms with Gasteiger partial charge in [0.05, 0.1) is 12.5 Å². The van der Waals surface area contributed by atoms with E-state index in [1.165, 1.54) is 0 Å². The van der Waals surface area contributed by atoms with Crippen molar-refractivity contribution in [1.82, 2.24) is 5.32 Å². The van der Waals surface area contributed by atoms with Crippen LogP contribution in [-0.2, 0) is 4.79 Å². The Hall–Kier alpha value is -2.56. The first-order valence-electron chi connectivity index (χ1n) is 7.57. The fourth-order valence-corrected chi connectivity index (χ4v) is 2.62. The quantitative estimate of drug-likeness (QED) is 0.859. The summed E-state index contributed by atoms with van der Waals surface area (Å²) in [6.45, 7) is 5.62. The van der Waals surface area contributed by atoms with Gasteiger partial charge < -0.3 is 15.5 Å². The maximum absolute atomic E-state index is 12.5. The van der Waals surface area contributed by atoms with E-state index >= 15 is 0 Å². The maximum Gasteiger partial charge on any atom is 0.252 e. The van der Waals surface area contributed by atoms with Gasteiger partial charge in [-0.1, -0.05) is 26.0 Å². The highest BCUT2D eigenvalue weighted by Gasteiger charge is 2.33. The van der Waals surface area contributed by atoms with Gasteiger partial charge in [0.1, 0.15) is 5.54 Å². The van der Waals surface area contributed by atoms with Crippen LogP contribution in [0, 0.1) is 5.92 Å². The molecule has 2 aromatic rings. The number of amides is 2. The molecule has 23 heavy (non-hydrogen) atoms. The summed E-state index contributed by atoms with van der Waals surface area (Å²) in [5.74, 6) is -0.632. The lowest BCUT2D eigenvalue weighted by atomic mass is 9.89. The molecule has 1 aromatic heterocycles. The minimum absolute atomic E-state index is 0.227. The molecule has 0 spiro atoms. The summed E-state index contributed by atoms with van der Waals surface area (Å²) in [4.78, 5) is 24.3. The molecule has 0 aliphatic rings. The Labute approximate surface area is 135 Å². The minimum Gasteiger partial charge on any atom is -0.472 e. The number of nitrogens with one attached hydrogen (secondary N) is 1. The fourth-order valence-electron chi connectivity index (χ4n) is 2.62. The summed E-state index contributed by atoms with van der Waals surface area (Å²) in [5, 5.41) is 2.78. The highest BCUT2D eigenvalue weighted by Crippen LogP contribution is 2.22. The van der Waals surface area contributed by atoms with Gasteiger partial charge >= 0.3 is 0 Å². The molecule has 1 aromatic carbocycles. The normalized spacial score (nSPS) is 13.6. The molecule has 0 saturated carbocycles. The summed E-state index contributed by atoms with van der Waals surface area (Å²) in [7, 11) is 0. The number of hydrogen-bond acceptors (Lipinski definition) is 3. The Morgan fingerprint density at radius 1 is 1.26 bits per heavy atom. The third-order valence-corrected chi connectivity index (χ3v) is 3.73. The van der Waals surface area contributed by atoms with E-state index < -0.39 is 11.4 Å². The lowest BCUT2D eigenvalue weighted by molar-refractivity contribution is -0.124. The summed E-state index contributed by atoms with van der Waals surface area (Å²) in [5.41, 5.74) is 6.65. The van der Waals surface area contributed by atoms with E-state index in [2.05, 4.69) is 5.32 Å². The van der Waals surface area contributed by atoms with Gasteiger partial charge in [-0.3, -0.25) is 9.59 Å². The van der Waals surface area contributed by atoms with Crippen LogP contribution in [0.4, 0.5) is 0 Å². The van der Waals surface area contributed by atoms with Crippen LogP contribution in [0.2, 0.25) is 0 Å². The molecule has 1 atom stereocenters. The van der Waals surface area contributed by atoms with E-state index in [0.717, 1.165) is 11.1 Å². The van der Waals surface area contributed by atoms with Crippen LogP contribution in [-0.4, -0.2) is 17.4 Å². The summed E-state index contributed by atoms with van der Waals surface area (Å²) in [6, 6.07) is 8.97. The zero-order chi connectivity index (χ0) is 17.0. The molecule has 0 fully saturated rings. The number of primary amides is 1. The Balaban J connectivity index is 2.23. The topological polar surface area (TPSA) is 85.3 Å². The van der Waals surface area contributed by atoms with Crippen LogP contribution in [0.3, 0.4) is 0 Å². The minimum atomic E-state index is -1.07. The molecule has 0 radical (unpaired) electrons. The van der Waals surface area contributed by atoms with Gasteiger partial charge in [0.25, 0.3) is 5.91 Å². The fraction of sp³-hybridized carbons (Fsp3) is 0.333. The van der Waals surface area contributed by atoms with Crippen molar-refractivity contribution in [2.45, 2.75) is 32.7 Å². The summed E-state index contributed by atoms with van der Waals surface area (Å²) in [6.07, 6.45) is 3.67. The number of rotatable bonds is 6. The molecule has 5 nitrogen and oxygen atoms in total. The van der Waals surface area contributed by atoms with Crippen molar-refractivity contribution in [3.05, 3.63) is 48.4 Å². The zero-order valence-corrected chi connectivity index (χ0v) is 13.6. The summed E-state index contributed by atoms with van der Waals surface area (Å²) < 4.78 is 5.06. The third-order valence-electron chi connectivity index (χ3n) is 3.73. The second-order valence-electron chi connectivity index (χ2n) is 6.34. The van der Waals surface area contributed by atoms with Crippen LogP contribution in [0.5, 0.6) is 0 Å². The van der Waals surface area contributed by atoms with Gasteiger partial charge in [-0.2, -0.15) is 0 Å². The number of furan rings is 1. The van der Waals surface area contributed by atoms with Gasteiger partial charge in [-0.05, 0) is 43.0 Å². The molecule has 1 heterocycles. The van der Waals surface area contributed by atoms with E-state index in [0.29, 0.717) is 12.0 Å². The van der Waals surface area contributed by atoms with E-state index in [9.17, 15) is 9.59 Å². The Bertz CT molecular complexity index is 692. The first kappa shape index (κ1) is 16.8. The molecule has 3 N–H and O–H groups in total.